The molecule has 2 rings (SSSR count). The molecule has 16 heavy (non-hydrogen) atoms. The lowest BCUT2D eigenvalue weighted by atomic mass is 9.95. The molecule has 2 aromatic heterocycles. The molecule has 0 saturated heterocycles. The zero-order valence-electron chi connectivity index (χ0n) is 9.72. The summed E-state index contributed by atoms with van der Waals surface area (Å²) in [7, 11) is 0. The van der Waals surface area contributed by atoms with Gasteiger partial charge in [-0.05, 0) is 48.6 Å². The highest BCUT2D eigenvalue weighted by Gasteiger charge is 2.06. The Bertz CT molecular complexity index is 451. The van der Waals surface area contributed by atoms with E-state index in [-0.39, 0.29) is 0 Å². The van der Waals surface area contributed by atoms with Gasteiger partial charge >= 0.3 is 0 Å². The Labute approximate surface area is 96.4 Å². The normalized spacial score (nSPS) is 12.4. The first-order chi connectivity index (χ1) is 7.75. The van der Waals surface area contributed by atoms with E-state index >= 15 is 0 Å². The second-order valence-corrected chi connectivity index (χ2v) is 4.20. The first-order valence-electron chi connectivity index (χ1n) is 5.57. The van der Waals surface area contributed by atoms with Crippen LogP contribution in [0.2, 0.25) is 0 Å². The maximum absolute atomic E-state index is 4.21. The molecule has 0 bridgehead atoms. The van der Waals surface area contributed by atoms with E-state index in [9.17, 15) is 0 Å². The molecule has 0 aromatic carbocycles. The van der Waals surface area contributed by atoms with Crippen molar-refractivity contribution >= 4 is 0 Å². The van der Waals surface area contributed by atoms with Gasteiger partial charge in [-0.15, -0.1) is 0 Å². The fourth-order valence-corrected chi connectivity index (χ4v) is 1.87. The van der Waals surface area contributed by atoms with Gasteiger partial charge in [-0.1, -0.05) is 13.0 Å². The van der Waals surface area contributed by atoms with E-state index < -0.39 is 0 Å². The average molecular weight is 212 g/mol. The van der Waals surface area contributed by atoms with Gasteiger partial charge in [-0.3, -0.25) is 9.97 Å². The third-order valence-corrected chi connectivity index (χ3v) is 2.76. The molecule has 1 atom stereocenters. The SMILES string of the molecule is Cc1cc(CC(C)c2cccnc2)ccn1. The van der Waals surface area contributed by atoms with Crippen LogP contribution in [0.15, 0.2) is 42.9 Å². The van der Waals surface area contributed by atoms with Crippen molar-refractivity contribution in [2.24, 2.45) is 0 Å². The zero-order chi connectivity index (χ0) is 11.4. The fourth-order valence-electron chi connectivity index (χ4n) is 1.87. The number of aryl methyl sites for hydroxylation is 1. The van der Waals surface area contributed by atoms with E-state index in [0.717, 1.165) is 12.1 Å². The van der Waals surface area contributed by atoms with Crippen LogP contribution in [-0.2, 0) is 6.42 Å². The summed E-state index contributed by atoms with van der Waals surface area (Å²) in [5.74, 6) is 0.496. The van der Waals surface area contributed by atoms with Crippen LogP contribution in [0.4, 0.5) is 0 Å². The molecule has 2 nitrogen and oxygen atoms in total. The predicted octanol–water partition coefficient (Wildman–Crippen LogP) is 3.13. The van der Waals surface area contributed by atoms with Gasteiger partial charge in [0.25, 0.3) is 0 Å². The molecular formula is C14H16N2. The second-order valence-electron chi connectivity index (χ2n) is 4.20. The van der Waals surface area contributed by atoms with Gasteiger partial charge in [0.15, 0.2) is 0 Å². The molecule has 0 radical (unpaired) electrons. The standard InChI is InChI=1S/C14H16N2/c1-11(14-4-3-6-15-10-14)8-13-5-7-16-12(2)9-13/h3-7,9-11H,8H2,1-2H3. The lowest BCUT2D eigenvalue weighted by Crippen LogP contribution is -1.99. The largest absolute Gasteiger partial charge is 0.264 e. The quantitative estimate of drug-likeness (QED) is 0.781. The Morgan fingerprint density at radius 3 is 2.81 bits per heavy atom. The molecular weight excluding hydrogens is 196 g/mol. The Morgan fingerprint density at radius 2 is 2.12 bits per heavy atom. The number of rotatable bonds is 3. The molecule has 0 N–H and O–H groups in total. The van der Waals surface area contributed by atoms with Gasteiger partial charge in [0.05, 0.1) is 0 Å². The van der Waals surface area contributed by atoms with Crippen molar-refractivity contribution in [3.05, 3.63) is 59.7 Å². The number of hydrogen-bond donors (Lipinski definition) is 0. The first-order valence-corrected chi connectivity index (χ1v) is 5.57. The van der Waals surface area contributed by atoms with Crippen LogP contribution in [-0.4, -0.2) is 9.97 Å². The summed E-state index contributed by atoms with van der Waals surface area (Å²) in [5.41, 5.74) is 3.71. The van der Waals surface area contributed by atoms with E-state index in [0.29, 0.717) is 5.92 Å². The molecule has 0 aliphatic rings. The second kappa shape index (κ2) is 4.88. The van der Waals surface area contributed by atoms with Crippen LogP contribution in [0.3, 0.4) is 0 Å². The van der Waals surface area contributed by atoms with E-state index in [1.54, 1.807) is 0 Å². The lowest BCUT2D eigenvalue weighted by molar-refractivity contribution is 0.752. The smallest absolute Gasteiger partial charge is 0.0375 e. The molecule has 0 saturated carbocycles. The minimum Gasteiger partial charge on any atom is -0.264 e. The van der Waals surface area contributed by atoms with Gasteiger partial charge < -0.3 is 0 Å². The van der Waals surface area contributed by atoms with Gasteiger partial charge in [0.1, 0.15) is 0 Å². The Balaban J connectivity index is 2.11. The van der Waals surface area contributed by atoms with Crippen molar-refractivity contribution in [2.75, 3.05) is 0 Å². The number of aromatic nitrogens is 2. The summed E-state index contributed by atoms with van der Waals surface area (Å²) in [6.45, 7) is 4.25. The van der Waals surface area contributed by atoms with Gasteiger partial charge in [0.2, 0.25) is 0 Å². The minimum absolute atomic E-state index is 0.496. The number of pyridine rings is 2. The molecule has 0 aliphatic carbocycles. The van der Waals surface area contributed by atoms with Crippen LogP contribution in [0, 0.1) is 6.92 Å². The van der Waals surface area contributed by atoms with Crippen molar-refractivity contribution in [3.8, 4) is 0 Å². The fraction of sp³-hybridized carbons (Fsp3) is 0.286. The third-order valence-electron chi connectivity index (χ3n) is 2.76. The Morgan fingerprint density at radius 1 is 1.25 bits per heavy atom. The molecule has 0 fully saturated rings. The highest BCUT2D eigenvalue weighted by Crippen LogP contribution is 2.19. The summed E-state index contributed by atoms with van der Waals surface area (Å²) in [6.07, 6.45) is 6.67. The molecule has 0 spiro atoms. The van der Waals surface area contributed by atoms with Crippen molar-refractivity contribution in [3.63, 3.8) is 0 Å². The summed E-state index contributed by atoms with van der Waals surface area (Å²) >= 11 is 0. The molecule has 2 heterocycles. The molecule has 1 unspecified atom stereocenters. The highest BCUT2D eigenvalue weighted by molar-refractivity contribution is 5.21. The van der Waals surface area contributed by atoms with Crippen LogP contribution in [0.1, 0.15) is 29.7 Å². The summed E-state index contributed by atoms with van der Waals surface area (Å²) in [5, 5.41) is 0. The third kappa shape index (κ3) is 2.66. The summed E-state index contributed by atoms with van der Waals surface area (Å²) in [6, 6.07) is 8.35. The van der Waals surface area contributed by atoms with Crippen molar-refractivity contribution in [1.29, 1.82) is 0 Å². The van der Waals surface area contributed by atoms with Gasteiger partial charge in [-0.2, -0.15) is 0 Å². The lowest BCUT2D eigenvalue weighted by Gasteiger charge is -2.11. The molecule has 82 valence electrons. The predicted molar refractivity (Wildman–Crippen MR) is 65.3 cm³/mol. The maximum atomic E-state index is 4.21. The van der Waals surface area contributed by atoms with Crippen molar-refractivity contribution in [2.45, 2.75) is 26.2 Å². The van der Waals surface area contributed by atoms with E-state index in [4.69, 9.17) is 0 Å². The topological polar surface area (TPSA) is 25.8 Å². The summed E-state index contributed by atoms with van der Waals surface area (Å²) < 4.78 is 0. The zero-order valence-corrected chi connectivity index (χ0v) is 9.72. The Hall–Kier alpha value is -1.70. The molecule has 0 aliphatic heterocycles. The van der Waals surface area contributed by atoms with E-state index in [1.165, 1.54) is 11.1 Å². The van der Waals surface area contributed by atoms with E-state index in [2.05, 4.69) is 35.1 Å². The average Bonchev–Trinajstić information content (AvgIpc) is 2.30. The molecule has 2 aromatic rings. The highest BCUT2D eigenvalue weighted by atomic mass is 14.6. The van der Waals surface area contributed by atoms with Crippen LogP contribution >= 0.6 is 0 Å². The van der Waals surface area contributed by atoms with E-state index in [1.807, 2.05) is 31.6 Å². The molecule has 0 amide bonds. The van der Waals surface area contributed by atoms with Crippen LogP contribution < -0.4 is 0 Å². The van der Waals surface area contributed by atoms with Crippen molar-refractivity contribution < 1.29 is 0 Å². The first kappa shape index (κ1) is 10.8. The summed E-state index contributed by atoms with van der Waals surface area (Å²) in [4.78, 5) is 8.36. The monoisotopic (exact) mass is 212 g/mol. The number of hydrogen-bond acceptors (Lipinski definition) is 2. The Kier molecular flexibility index (Phi) is 3.30. The minimum atomic E-state index is 0.496. The molecule has 2 heteroatoms. The van der Waals surface area contributed by atoms with Gasteiger partial charge in [0, 0.05) is 24.3 Å². The van der Waals surface area contributed by atoms with Gasteiger partial charge in [-0.25, -0.2) is 0 Å². The number of nitrogens with zero attached hydrogens (tertiary/aromatic N) is 2. The maximum Gasteiger partial charge on any atom is 0.0375 e. The van der Waals surface area contributed by atoms with Crippen LogP contribution in [0.5, 0.6) is 0 Å². The van der Waals surface area contributed by atoms with Crippen molar-refractivity contribution in [1.82, 2.24) is 9.97 Å². The van der Waals surface area contributed by atoms with Crippen LogP contribution in [0.25, 0.3) is 0 Å².